The van der Waals surface area contributed by atoms with E-state index < -0.39 is 0 Å². The third-order valence-corrected chi connectivity index (χ3v) is 1.84. The molecule has 0 amide bonds. The van der Waals surface area contributed by atoms with Crippen LogP contribution < -0.4 is 4.74 Å². The number of oxime groups is 1. The lowest BCUT2D eigenvalue weighted by Crippen LogP contribution is -1.96. The highest BCUT2D eigenvalue weighted by atomic mass is 16.6. The van der Waals surface area contributed by atoms with E-state index in [-0.39, 0.29) is 0 Å². The van der Waals surface area contributed by atoms with Crippen molar-refractivity contribution < 1.29 is 9.57 Å². The van der Waals surface area contributed by atoms with E-state index in [1.165, 1.54) is 0 Å². The van der Waals surface area contributed by atoms with Crippen LogP contribution in [0.1, 0.15) is 19.4 Å². The maximum absolute atomic E-state index is 5.06. The molecule has 1 rings (SSSR count). The number of methoxy groups -OCH3 is 1. The normalized spacial score (nSPS) is 11.2. The van der Waals surface area contributed by atoms with Gasteiger partial charge in [0.1, 0.15) is 12.4 Å². The topological polar surface area (TPSA) is 30.8 Å². The van der Waals surface area contributed by atoms with Crippen LogP contribution in [0, 0.1) is 0 Å². The van der Waals surface area contributed by atoms with Gasteiger partial charge in [0.05, 0.1) is 12.8 Å². The Bertz CT molecular complexity index is 304. The van der Waals surface area contributed by atoms with Crippen LogP contribution in [0.15, 0.2) is 29.4 Å². The van der Waals surface area contributed by atoms with Crippen LogP contribution in [0.3, 0.4) is 0 Å². The van der Waals surface area contributed by atoms with Crippen LogP contribution in [0.5, 0.6) is 5.75 Å². The van der Waals surface area contributed by atoms with E-state index in [0.717, 1.165) is 17.0 Å². The lowest BCUT2D eigenvalue weighted by molar-refractivity contribution is 0.159. The van der Waals surface area contributed by atoms with E-state index >= 15 is 0 Å². The van der Waals surface area contributed by atoms with E-state index in [9.17, 15) is 0 Å². The predicted molar refractivity (Wildman–Crippen MR) is 56.8 cm³/mol. The minimum absolute atomic E-state index is 0.591. The lowest BCUT2D eigenvalue weighted by Gasteiger charge is -2.02. The molecule has 0 aliphatic carbocycles. The van der Waals surface area contributed by atoms with Crippen LogP contribution in [-0.4, -0.2) is 19.4 Å². The number of rotatable bonds is 4. The van der Waals surface area contributed by atoms with Gasteiger partial charge in [-0.2, -0.15) is 0 Å². The minimum Gasteiger partial charge on any atom is -0.497 e. The second-order valence-corrected chi connectivity index (χ2v) is 2.82. The summed E-state index contributed by atoms with van der Waals surface area (Å²) in [6.07, 6.45) is 0. The first-order valence-corrected chi connectivity index (χ1v) is 4.59. The molecular formula is C11H15NO2. The molecule has 0 aliphatic heterocycles. The summed E-state index contributed by atoms with van der Waals surface area (Å²) in [6.45, 7) is 4.41. The molecule has 0 saturated heterocycles. The van der Waals surface area contributed by atoms with Crippen LogP contribution in [0.25, 0.3) is 0 Å². The zero-order valence-electron chi connectivity index (χ0n) is 8.78. The van der Waals surface area contributed by atoms with E-state index in [1.807, 2.05) is 38.1 Å². The van der Waals surface area contributed by atoms with Gasteiger partial charge >= 0.3 is 0 Å². The van der Waals surface area contributed by atoms with Crippen molar-refractivity contribution in [2.75, 3.05) is 13.7 Å². The predicted octanol–water partition coefficient (Wildman–Crippen LogP) is 2.46. The summed E-state index contributed by atoms with van der Waals surface area (Å²) < 4.78 is 5.06. The number of benzene rings is 1. The van der Waals surface area contributed by atoms with E-state index in [2.05, 4.69) is 5.16 Å². The number of ether oxygens (including phenoxy) is 1. The highest BCUT2D eigenvalue weighted by molar-refractivity contribution is 5.98. The molecule has 0 aliphatic rings. The molecule has 1 aromatic carbocycles. The maximum Gasteiger partial charge on any atom is 0.118 e. The fourth-order valence-corrected chi connectivity index (χ4v) is 1.05. The minimum atomic E-state index is 0.591. The smallest absolute Gasteiger partial charge is 0.118 e. The van der Waals surface area contributed by atoms with Crippen molar-refractivity contribution in [1.29, 1.82) is 0 Å². The van der Waals surface area contributed by atoms with Gasteiger partial charge in [0, 0.05) is 0 Å². The Morgan fingerprint density at radius 2 is 1.93 bits per heavy atom. The van der Waals surface area contributed by atoms with Gasteiger partial charge in [-0.1, -0.05) is 5.16 Å². The highest BCUT2D eigenvalue weighted by Crippen LogP contribution is 2.11. The zero-order valence-corrected chi connectivity index (χ0v) is 8.78. The first-order valence-electron chi connectivity index (χ1n) is 4.59. The summed E-state index contributed by atoms with van der Waals surface area (Å²) in [5, 5.41) is 3.94. The molecule has 0 bridgehead atoms. The fourth-order valence-electron chi connectivity index (χ4n) is 1.05. The standard InChI is InChI=1S/C11H15NO2/c1-4-14-12-9(2)10-5-7-11(13-3)8-6-10/h5-8H,4H2,1-3H3/b12-9-. The molecule has 0 saturated carbocycles. The summed E-state index contributed by atoms with van der Waals surface area (Å²) in [7, 11) is 1.65. The van der Waals surface area contributed by atoms with Crippen molar-refractivity contribution >= 4 is 5.71 Å². The molecule has 0 unspecified atom stereocenters. The summed E-state index contributed by atoms with van der Waals surface area (Å²) in [6, 6.07) is 7.72. The average molecular weight is 193 g/mol. The first kappa shape index (κ1) is 10.6. The summed E-state index contributed by atoms with van der Waals surface area (Å²) in [4.78, 5) is 4.96. The van der Waals surface area contributed by atoms with Crippen molar-refractivity contribution in [2.24, 2.45) is 5.16 Å². The molecule has 0 N–H and O–H groups in total. The average Bonchev–Trinajstić information content (AvgIpc) is 2.26. The molecule has 0 atom stereocenters. The SMILES string of the molecule is CCO/N=C(/C)c1ccc(OC)cc1. The van der Waals surface area contributed by atoms with Gasteiger partial charge in [0.2, 0.25) is 0 Å². The quantitative estimate of drug-likeness (QED) is 0.543. The van der Waals surface area contributed by atoms with E-state index in [4.69, 9.17) is 9.57 Å². The maximum atomic E-state index is 5.06. The molecule has 0 fully saturated rings. The molecule has 3 nitrogen and oxygen atoms in total. The number of hydrogen-bond donors (Lipinski definition) is 0. The summed E-state index contributed by atoms with van der Waals surface area (Å²) >= 11 is 0. The summed E-state index contributed by atoms with van der Waals surface area (Å²) in [5.41, 5.74) is 1.91. The van der Waals surface area contributed by atoms with E-state index in [0.29, 0.717) is 6.61 Å². The van der Waals surface area contributed by atoms with Crippen LogP contribution in [-0.2, 0) is 4.84 Å². The fraction of sp³-hybridized carbons (Fsp3) is 0.364. The molecule has 3 heteroatoms. The van der Waals surface area contributed by atoms with E-state index in [1.54, 1.807) is 7.11 Å². The van der Waals surface area contributed by atoms with Crippen molar-refractivity contribution in [3.63, 3.8) is 0 Å². The Morgan fingerprint density at radius 1 is 1.29 bits per heavy atom. The van der Waals surface area contributed by atoms with Gasteiger partial charge in [0.25, 0.3) is 0 Å². The van der Waals surface area contributed by atoms with Crippen LogP contribution >= 0.6 is 0 Å². The number of nitrogens with zero attached hydrogens (tertiary/aromatic N) is 1. The molecule has 14 heavy (non-hydrogen) atoms. The summed E-state index contributed by atoms with van der Waals surface area (Å²) in [5.74, 6) is 0.845. The van der Waals surface area contributed by atoms with Gasteiger partial charge in [-0.3, -0.25) is 0 Å². The Kier molecular flexibility index (Phi) is 3.98. The molecule has 0 spiro atoms. The van der Waals surface area contributed by atoms with Crippen molar-refractivity contribution in [3.05, 3.63) is 29.8 Å². The Hall–Kier alpha value is -1.51. The monoisotopic (exact) mass is 193 g/mol. The first-order chi connectivity index (χ1) is 6.77. The molecular weight excluding hydrogens is 178 g/mol. The van der Waals surface area contributed by atoms with Gasteiger partial charge < -0.3 is 9.57 Å². The van der Waals surface area contributed by atoms with Crippen LogP contribution in [0.2, 0.25) is 0 Å². The molecule has 0 aromatic heterocycles. The molecule has 0 heterocycles. The second kappa shape index (κ2) is 5.27. The van der Waals surface area contributed by atoms with Crippen molar-refractivity contribution in [1.82, 2.24) is 0 Å². The Labute approximate surface area is 84.3 Å². The largest absolute Gasteiger partial charge is 0.497 e. The molecule has 76 valence electrons. The van der Waals surface area contributed by atoms with Gasteiger partial charge in [0.15, 0.2) is 0 Å². The van der Waals surface area contributed by atoms with Gasteiger partial charge in [-0.15, -0.1) is 0 Å². The third-order valence-electron chi connectivity index (χ3n) is 1.84. The molecule has 1 aromatic rings. The Balaban J connectivity index is 2.76. The Morgan fingerprint density at radius 3 is 2.43 bits per heavy atom. The van der Waals surface area contributed by atoms with Gasteiger partial charge in [-0.05, 0) is 43.7 Å². The third kappa shape index (κ3) is 2.76. The zero-order chi connectivity index (χ0) is 10.4. The van der Waals surface area contributed by atoms with Crippen molar-refractivity contribution in [2.45, 2.75) is 13.8 Å². The number of hydrogen-bond acceptors (Lipinski definition) is 3. The van der Waals surface area contributed by atoms with Gasteiger partial charge in [-0.25, -0.2) is 0 Å². The lowest BCUT2D eigenvalue weighted by atomic mass is 10.1. The van der Waals surface area contributed by atoms with Crippen LogP contribution in [0.4, 0.5) is 0 Å². The molecule has 0 radical (unpaired) electrons. The van der Waals surface area contributed by atoms with Crippen molar-refractivity contribution in [3.8, 4) is 5.75 Å². The highest BCUT2D eigenvalue weighted by Gasteiger charge is 1.97. The second-order valence-electron chi connectivity index (χ2n) is 2.82.